The molecule has 1 aliphatic heterocycles. The quantitative estimate of drug-likeness (QED) is 0.793. The average molecular weight is 304 g/mol. The first-order valence-electron chi connectivity index (χ1n) is 4.49. The standard InChI is InChI=1S/C10H10FIN2/c11-7-3-1-4-8(10(7)12)14-6-2-5-9(14)13/h1,3-4,13H,2,5-6H2. The number of benzene rings is 1. The van der Waals surface area contributed by atoms with Gasteiger partial charge in [0.05, 0.1) is 9.26 Å². The summed E-state index contributed by atoms with van der Waals surface area (Å²) < 4.78 is 13.9. The Morgan fingerprint density at radius 1 is 1.43 bits per heavy atom. The summed E-state index contributed by atoms with van der Waals surface area (Å²) in [5, 5.41) is 7.71. The number of amidine groups is 1. The van der Waals surface area contributed by atoms with Crippen LogP contribution in [0, 0.1) is 14.8 Å². The van der Waals surface area contributed by atoms with Crippen LogP contribution in [0.5, 0.6) is 0 Å². The van der Waals surface area contributed by atoms with Crippen LogP contribution in [0.1, 0.15) is 12.8 Å². The Hall–Kier alpha value is -0.650. The molecule has 1 saturated heterocycles. The lowest BCUT2D eigenvalue weighted by Gasteiger charge is -2.19. The van der Waals surface area contributed by atoms with E-state index in [1.807, 2.05) is 33.6 Å². The van der Waals surface area contributed by atoms with Gasteiger partial charge < -0.3 is 4.90 Å². The van der Waals surface area contributed by atoms with Crippen molar-refractivity contribution in [1.82, 2.24) is 0 Å². The molecule has 1 fully saturated rings. The highest BCUT2D eigenvalue weighted by Crippen LogP contribution is 2.28. The third-order valence-electron chi connectivity index (χ3n) is 2.34. The monoisotopic (exact) mass is 304 g/mol. The molecule has 74 valence electrons. The van der Waals surface area contributed by atoms with Gasteiger partial charge in [-0.05, 0) is 41.1 Å². The third-order valence-corrected chi connectivity index (χ3v) is 3.41. The molecule has 0 radical (unpaired) electrons. The highest BCUT2D eigenvalue weighted by molar-refractivity contribution is 14.1. The Balaban J connectivity index is 2.41. The Morgan fingerprint density at radius 3 is 2.86 bits per heavy atom. The van der Waals surface area contributed by atoms with Gasteiger partial charge in [-0.3, -0.25) is 5.41 Å². The van der Waals surface area contributed by atoms with Gasteiger partial charge in [0.1, 0.15) is 11.7 Å². The van der Waals surface area contributed by atoms with E-state index in [0.717, 1.165) is 25.1 Å². The van der Waals surface area contributed by atoms with E-state index in [4.69, 9.17) is 5.41 Å². The van der Waals surface area contributed by atoms with Crippen LogP contribution in [0.3, 0.4) is 0 Å². The minimum absolute atomic E-state index is 0.206. The number of anilines is 1. The topological polar surface area (TPSA) is 27.1 Å². The Bertz CT molecular complexity index is 378. The molecule has 1 aromatic rings. The number of rotatable bonds is 1. The van der Waals surface area contributed by atoms with E-state index in [-0.39, 0.29) is 5.82 Å². The van der Waals surface area contributed by atoms with E-state index in [2.05, 4.69) is 0 Å². The molecule has 0 bridgehead atoms. The molecular weight excluding hydrogens is 294 g/mol. The summed E-state index contributed by atoms with van der Waals surface area (Å²) in [5.74, 6) is 0.385. The average Bonchev–Trinajstić information content (AvgIpc) is 2.57. The molecule has 0 amide bonds. The summed E-state index contributed by atoms with van der Waals surface area (Å²) in [4.78, 5) is 1.88. The van der Waals surface area contributed by atoms with Crippen molar-refractivity contribution in [2.45, 2.75) is 12.8 Å². The lowest BCUT2D eigenvalue weighted by atomic mass is 10.3. The summed E-state index contributed by atoms with van der Waals surface area (Å²) in [6, 6.07) is 5.01. The van der Waals surface area contributed by atoms with Gasteiger partial charge >= 0.3 is 0 Å². The van der Waals surface area contributed by atoms with Gasteiger partial charge in [-0.2, -0.15) is 0 Å². The summed E-state index contributed by atoms with van der Waals surface area (Å²) in [6.45, 7) is 0.832. The van der Waals surface area contributed by atoms with Crippen molar-refractivity contribution in [2.75, 3.05) is 11.4 Å². The van der Waals surface area contributed by atoms with Gasteiger partial charge in [-0.15, -0.1) is 0 Å². The van der Waals surface area contributed by atoms with Crippen molar-refractivity contribution in [3.63, 3.8) is 0 Å². The molecule has 14 heavy (non-hydrogen) atoms. The van der Waals surface area contributed by atoms with Crippen molar-refractivity contribution in [3.8, 4) is 0 Å². The maximum Gasteiger partial charge on any atom is 0.138 e. The van der Waals surface area contributed by atoms with Crippen LogP contribution in [-0.4, -0.2) is 12.4 Å². The van der Waals surface area contributed by atoms with Crippen molar-refractivity contribution in [2.24, 2.45) is 0 Å². The normalized spacial score (nSPS) is 16.4. The zero-order chi connectivity index (χ0) is 10.1. The number of halogens is 2. The Kier molecular flexibility index (Phi) is 2.71. The summed E-state index contributed by atoms with van der Waals surface area (Å²) >= 11 is 1.99. The fourth-order valence-electron chi connectivity index (χ4n) is 1.64. The fraction of sp³-hybridized carbons (Fsp3) is 0.300. The second kappa shape index (κ2) is 3.84. The van der Waals surface area contributed by atoms with Gasteiger partial charge in [0.15, 0.2) is 0 Å². The molecule has 4 heteroatoms. The third kappa shape index (κ3) is 1.63. The number of nitrogens with one attached hydrogen (secondary N) is 1. The molecule has 1 aromatic carbocycles. The first kappa shape index (κ1) is 9.89. The molecule has 0 spiro atoms. The van der Waals surface area contributed by atoms with Gasteiger partial charge in [-0.25, -0.2) is 4.39 Å². The lowest BCUT2D eigenvalue weighted by molar-refractivity contribution is 0.620. The van der Waals surface area contributed by atoms with Gasteiger partial charge in [0, 0.05) is 13.0 Å². The predicted molar refractivity (Wildman–Crippen MR) is 63.4 cm³/mol. The van der Waals surface area contributed by atoms with Crippen LogP contribution in [0.25, 0.3) is 0 Å². The van der Waals surface area contributed by atoms with Gasteiger partial charge in [0.2, 0.25) is 0 Å². The largest absolute Gasteiger partial charge is 0.329 e. The van der Waals surface area contributed by atoms with Crippen LogP contribution >= 0.6 is 22.6 Å². The lowest BCUT2D eigenvalue weighted by Crippen LogP contribution is -2.24. The maximum atomic E-state index is 13.3. The molecular formula is C10H10FIN2. The van der Waals surface area contributed by atoms with Crippen molar-refractivity contribution >= 4 is 34.1 Å². The van der Waals surface area contributed by atoms with E-state index in [1.165, 1.54) is 6.07 Å². The number of hydrogen-bond acceptors (Lipinski definition) is 1. The van der Waals surface area contributed by atoms with Crippen LogP contribution in [0.15, 0.2) is 18.2 Å². The zero-order valence-corrected chi connectivity index (χ0v) is 9.71. The molecule has 1 aliphatic rings. The Labute approximate surface area is 95.8 Å². The van der Waals surface area contributed by atoms with Crippen molar-refractivity contribution in [3.05, 3.63) is 27.6 Å². The smallest absolute Gasteiger partial charge is 0.138 e. The first-order chi connectivity index (χ1) is 6.70. The number of nitrogens with zero attached hydrogens (tertiary/aromatic N) is 1. The van der Waals surface area contributed by atoms with E-state index in [9.17, 15) is 4.39 Å². The van der Waals surface area contributed by atoms with Gasteiger partial charge in [-0.1, -0.05) is 6.07 Å². The van der Waals surface area contributed by atoms with Crippen LogP contribution < -0.4 is 4.90 Å². The predicted octanol–water partition coefficient (Wildman–Crippen LogP) is 3.01. The minimum Gasteiger partial charge on any atom is -0.329 e. The Morgan fingerprint density at radius 2 is 2.21 bits per heavy atom. The van der Waals surface area contributed by atoms with E-state index < -0.39 is 0 Å². The molecule has 0 aromatic heterocycles. The summed E-state index contributed by atoms with van der Waals surface area (Å²) in [5.41, 5.74) is 0.827. The second-order valence-corrected chi connectivity index (χ2v) is 4.35. The summed E-state index contributed by atoms with van der Waals surface area (Å²) in [7, 11) is 0. The van der Waals surface area contributed by atoms with Crippen molar-refractivity contribution < 1.29 is 4.39 Å². The molecule has 0 saturated carbocycles. The maximum absolute atomic E-state index is 13.3. The first-order valence-corrected chi connectivity index (χ1v) is 5.57. The fourth-order valence-corrected chi connectivity index (χ4v) is 2.29. The molecule has 2 rings (SSSR count). The van der Waals surface area contributed by atoms with Crippen LogP contribution in [0.4, 0.5) is 10.1 Å². The molecule has 2 nitrogen and oxygen atoms in total. The molecule has 1 N–H and O–H groups in total. The highest BCUT2D eigenvalue weighted by atomic mass is 127. The molecule has 0 unspecified atom stereocenters. The molecule has 0 atom stereocenters. The highest BCUT2D eigenvalue weighted by Gasteiger charge is 2.21. The van der Waals surface area contributed by atoms with E-state index >= 15 is 0 Å². The zero-order valence-electron chi connectivity index (χ0n) is 7.56. The van der Waals surface area contributed by atoms with Crippen LogP contribution in [-0.2, 0) is 0 Å². The number of hydrogen-bond donors (Lipinski definition) is 1. The van der Waals surface area contributed by atoms with E-state index in [1.54, 1.807) is 6.07 Å². The van der Waals surface area contributed by atoms with E-state index in [0.29, 0.717) is 9.41 Å². The SMILES string of the molecule is N=C1CCCN1c1cccc(F)c1I. The van der Waals surface area contributed by atoms with Crippen molar-refractivity contribution in [1.29, 1.82) is 5.41 Å². The van der Waals surface area contributed by atoms with Gasteiger partial charge in [0.25, 0.3) is 0 Å². The molecule has 1 heterocycles. The molecule has 0 aliphatic carbocycles. The summed E-state index contributed by atoms with van der Waals surface area (Å²) in [6.07, 6.45) is 1.79. The van der Waals surface area contributed by atoms with Crippen LogP contribution in [0.2, 0.25) is 0 Å². The second-order valence-electron chi connectivity index (χ2n) is 3.27. The minimum atomic E-state index is -0.206.